The molecule has 0 saturated carbocycles. The molecule has 0 aromatic heterocycles. The maximum Gasteiger partial charge on any atom is 0.307 e. The second-order valence-electron chi connectivity index (χ2n) is 2.23. The fourth-order valence-corrected chi connectivity index (χ4v) is 0.678. The number of likely N-dealkylation sites (N-methyl/N-ethyl adjacent to an activating group) is 1. The number of carbonyl (C=O) groups is 2. The summed E-state index contributed by atoms with van der Waals surface area (Å²) >= 11 is 0. The first-order chi connectivity index (χ1) is 5.61. The number of hydrogen-bond acceptors (Lipinski definition) is 4. The van der Waals surface area contributed by atoms with Crippen molar-refractivity contribution in [2.24, 2.45) is 5.73 Å². The summed E-state index contributed by atoms with van der Waals surface area (Å²) in [4.78, 5) is 21.6. The molecule has 0 heterocycles. The molecule has 0 aromatic carbocycles. The summed E-state index contributed by atoms with van der Waals surface area (Å²) < 4.78 is 4.61. The number of nitrogens with one attached hydrogen (secondary N) is 1. The first kappa shape index (κ1) is 10.9. The molecule has 12 heavy (non-hydrogen) atoms. The lowest BCUT2D eigenvalue weighted by Crippen LogP contribution is -2.40. The fraction of sp³-hybridized carbons (Fsp3) is 0.714. The van der Waals surface area contributed by atoms with Gasteiger partial charge in [0.15, 0.2) is 0 Å². The predicted octanol–water partition coefficient (Wildman–Crippen LogP) is -0.987. The second-order valence-corrected chi connectivity index (χ2v) is 2.23. The van der Waals surface area contributed by atoms with Crippen molar-refractivity contribution in [3.63, 3.8) is 0 Å². The normalized spacial score (nSPS) is 11.9. The lowest BCUT2D eigenvalue weighted by Gasteiger charge is -2.08. The highest BCUT2D eigenvalue weighted by molar-refractivity contribution is 5.86. The summed E-state index contributed by atoms with van der Waals surface area (Å²) in [7, 11) is 1.47. The summed E-state index contributed by atoms with van der Waals surface area (Å²) in [6.07, 6.45) is -0.0759. The Morgan fingerprint density at radius 2 is 2.17 bits per heavy atom. The average molecular weight is 174 g/mol. The largest absolute Gasteiger partial charge is 0.466 e. The van der Waals surface area contributed by atoms with E-state index in [1.165, 1.54) is 7.05 Å². The molecule has 0 aliphatic heterocycles. The molecular weight excluding hydrogens is 160 g/mol. The van der Waals surface area contributed by atoms with Crippen LogP contribution in [0.15, 0.2) is 0 Å². The van der Waals surface area contributed by atoms with Crippen LogP contribution in [0.1, 0.15) is 13.3 Å². The van der Waals surface area contributed by atoms with Crippen molar-refractivity contribution in [2.75, 3.05) is 13.7 Å². The molecule has 5 nitrogen and oxygen atoms in total. The van der Waals surface area contributed by atoms with Crippen LogP contribution in [0.2, 0.25) is 0 Å². The van der Waals surface area contributed by atoms with Crippen LogP contribution >= 0.6 is 0 Å². The molecule has 0 rings (SSSR count). The Morgan fingerprint density at radius 3 is 2.58 bits per heavy atom. The zero-order valence-electron chi connectivity index (χ0n) is 7.29. The summed E-state index contributed by atoms with van der Waals surface area (Å²) in [5.41, 5.74) is 5.35. The minimum absolute atomic E-state index is 0.0759. The first-order valence-corrected chi connectivity index (χ1v) is 3.74. The highest BCUT2D eigenvalue weighted by atomic mass is 16.5. The molecule has 1 unspecified atom stereocenters. The van der Waals surface area contributed by atoms with Gasteiger partial charge in [0.25, 0.3) is 0 Å². The van der Waals surface area contributed by atoms with Crippen molar-refractivity contribution in [2.45, 2.75) is 19.4 Å². The van der Waals surface area contributed by atoms with E-state index >= 15 is 0 Å². The summed E-state index contributed by atoms with van der Waals surface area (Å²) in [6, 6.07) is -0.811. The minimum atomic E-state index is -0.811. The lowest BCUT2D eigenvalue weighted by atomic mass is 10.2. The van der Waals surface area contributed by atoms with Crippen LogP contribution in [0, 0.1) is 0 Å². The van der Waals surface area contributed by atoms with E-state index in [0.29, 0.717) is 6.61 Å². The Kier molecular flexibility index (Phi) is 5.03. The van der Waals surface area contributed by atoms with Crippen LogP contribution in [0.4, 0.5) is 0 Å². The van der Waals surface area contributed by atoms with E-state index in [2.05, 4.69) is 10.1 Å². The second kappa shape index (κ2) is 5.54. The molecule has 0 saturated heterocycles. The SMILES string of the molecule is CCOC(=O)CC(N)C(=O)NC. The van der Waals surface area contributed by atoms with Crippen molar-refractivity contribution in [1.29, 1.82) is 0 Å². The van der Waals surface area contributed by atoms with Crippen molar-refractivity contribution < 1.29 is 14.3 Å². The number of amides is 1. The minimum Gasteiger partial charge on any atom is -0.466 e. The molecular formula is C7H14N2O3. The summed E-state index contributed by atoms with van der Waals surface area (Å²) in [5, 5.41) is 2.34. The van der Waals surface area contributed by atoms with Gasteiger partial charge in [-0.05, 0) is 6.92 Å². The molecule has 0 aliphatic carbocycles. The third kappa shape index (κ3) is 3.92. The van der Waals surface area contributed by atoms with Crippen molar-refractivity contribution in [1.82, 2.24) is 5.32 Å². The standard InChI is InChI=1S/C7H14N2O3/c1-3-12-6(10)4-5(8)7(11)9-2/h5H,3-4,8H2,1-2H3,(H,9,11). The predicted molar refractivity (Wildman–Crippen MR) is 43.3 cm³/mol. The molecule has 0 fully saturated rings. The van der Waals surface area contributed by atoms with E-state index < -0.39 is 12.0 Å². The molecule has 5 heteroatoms. The molecule has 1 atom stereocenters. The van der Waals surface area contributed by atoms with Crippen LogP contribution in [0.25, 0.3) is 0 Å². The van der Waals surface area contributed by atoms with Gasteiger partial charge in [-0.2, -0.15) is 0 Å². The van der Waals surface area contributed by atoms with Gasteiger partial charge in [0.05, 0.1) is 19.1 Å². The molecule has 3 N–H and O–H groups in total. The summed E-state index contributed by atoms with van der Waals surface area (Å²) in [5.74, 6) is -0.809. The van der Waals surface area contributed by atoms with Crippen LogP contribution in [-0.2, 0) is 14.3 Å². The van der Waals surface area contributed by atoms with E-state index in [4.69, 9.17) is 5.73 Å². The molecule has 0 spiro atoms. The monoisotopic (exact) mass is 174 g/mol. The van der Waals surface area contributed by atoms with E-state index in [9.17, 15) is 9.59 Å². The highest BCUT2D eigenvalue weighted by Gasteiger charge is 2.16. The van der Waals surface area contributed by atoms with Gasteiger partial charge < -0.3 is 15.8 Å². The van der Waals surface area contributed by atoms with E-state index in [1.54, 1.807) is 6.92 Å². The third-order valence-electron chi connectivity index (χ3n) is 1.28. The zero-order valence-corrected chi connectivity index (χ0v) is 7.29. The van der Waals surface area contributed by atoms with Gasteiger partial charge in [0.2, 0.25) is 5.91 Å². The number of carbonyl (C=O) groups excluding carboxylic acids is 2. The Labute approximate surface area is 71.3 Å². The molecule has 70 valence electrons. The fourth-order valence-electron chi connectivity index (χ4n) is 0.678. The van der Waals surface area contributed by atoms with Crippen LogP contribution < -0.4 is 11.1 Å². The van der Waals surface area contributed by atoms with E-state index in [-0.39, 0.29) is 12.3 Å². The zero-order chi connectivity index (χ0) is 9.56. The van der Waals surface area contributed by atoms with Crippen LogP contribution in [-0.4, -0.2) is 31.6 Å². The number of esters is 1. The Morgan fingerprint density at radius 1 is 1.58 bits per heavy atom. The molecule has 0 bridgehead atoms. The van der Waals surface area contributed by atoms with Crippen molar-refractivity contribution in [3.05, 3.63) is 0 Å². The van der Waals surface area contributed by atoms with Crippen LogP contribution in [0.5, 0.6) is 0 Å². The number of nitrogens with two attached hydrogens (primary N) is 1. The Hall–Kier alpha value is -1.10. The summed E-state index contributed by atoms with van der Waals surface area (Å²) in [6.45, 7) is 2.00. The van der Waals surface area contributed by atoms with Crippen molar-refractivity contribution in [3.8, 4) is 0 Å². The van der Waals surface area contributed by atoms with E-state index in [0.717, 1.165) is 0 Å². The maximum atomic E-state index is 10.8. The Balaban J connectivity index is 3.75. The average Bonchev–Trinajstić information content (AvgIpc) is 2.03. The molecule has 1 amide bonds. The first-order valence-electron chi connectivity index (χ1n) is 3.74. The topological polar surface area (TPSA) is 81.4 Å². The molecule has 0 radical (unpaired) electrons. The molecule has 0 aromatic rings. The third-order valence-corrected chi connectivity index (χ3v) is 1.28. The van der Waals surface area contributed by atoms with Gasteiger partial charge in [0, 0.05) is 7.05 Å². The van der Waals surface area contributed by atoms with E-state index in [1.807, 2.05) is 0 Å². The number of ether oxygens (including phenoxy) is 1. The van der Waals surface area contributed by atoms with Gasteiger partial charge in [-0.1, -0.05) is 0 Å². The van der Waals surface area contributed by atoms with Gasteiger partial charge in [-0.15, -0.1) is 0 Å². The van der Waals surface area contributed by atoms with Gasteiger partial charge in [-0.3, -0.25) is 9.59 Å². The Bertz CT molecular complexity index is 170. The van der Waals surface area contributed by atoms with Gasteiger partial charge >= 0.3 is 5.97 Å². The quantitative estimate of drug-likeness (QED) is 0.536. The molecule has 0 aliphatic rings. The van der Waals surface area contributed by atoms with Gasteiger partial charge in [0.1, 0.15) is 0 Å². The van der Waals surface area contributed by atoms with Crippen LogP contribution in [0.3, 0.4) is 0 Å². The van der Waals surface area contributed by atoms with Crippen molar-refractivity contribution >= 4 is 11.9 Å². The van der Waals surface area contributed by atoms with Gasteiger partial charge in [-0.25, -0.2) is 0 Å². The number of rotatable bonds is 4. The smallest absolute Gasteiger partial charge is 0.307 e. The lowest BCUT2D eigenvalue weighted by molar-refractivity contribution is -0.145. The highest BCUT2D eigenvalue weighted by Crippen LogP contribution is 1.91. The number of hydrogen-bond donors (Lipinski definition) is 2. The maximum absolute atomic E-state index is 10.8.